The minimum atomic E-state index is -4.04. The molecule has 0 saturated carbocycles. The highest BCUT2D eigenvalue weighted by Gasteiger charge is 2.29. The molecule has 2 N–H and O–H groups in total. The molecule has 3 rings (SSSR count). The van der Waals surface area contributed by atoms with Crippen LogP contribution in [0.1, 0.15) is 36.5 Å². The molecule has 1 heterocycles. The van der Waals surface area contributed by atoms with Gasteiger partial charge in [-0.3, -0.25) is 15.3 Å². The zero-order valence-corrected chi connectivity index (χ0v) is 24.0. The van der Waals surface area contributed by atoms with E-state index in [9.17, 15) is 33.6 Å². The smallest absolute Gasteiger partial charge is 0.431 e. The molecule has 216 valence electrons. The summed E-state index contributed by atoms with van der Waals surface area (Å²) in [4.78, 5) is 26.2. The van der Waals surface area contributed by atoms with Crippen LogP contribution in [-0.2, 0) is 23.1 Å². The fourth-order valence-electron chi connectivity index (χ4n) is 3.99. The first kappa shape index (κ1) is 30.9. The normalized spacial score (nSPS) is 12.4. The predicted octanol–water partition coefficient (Wildman–Crippen LogP) is 4.96. The molecule has 0 spiro atoms. The number of ether oxygens (including phenoxy) is 1. The van der Waals surface area contributed by atoms with Crippen LogP contribution in [0.15, 0.2) is 58.8 Å². The van der Waals surface area contributed by atoms with Gasteiger partial charge in [0.1, 0.15) is 12.4 Å². The van der Waals surface area contributed by atoms with Crippen LogP contribution in [-0.4, -0.2) is 63.2 Å². The van der Waals surface area contributed by atoms with Gasteiger partial charge in [-0.25, -0.2) is 18.2 Å². The van der Waals surface area contributed by atoms with E-state index >= 15 is 0 Å². The van der Waals surface area contributed by atoms with E-state index in [4.69, 9.17) is 4.74 Å². The molecule has 40 heavy (non-hydrogen) atoms. The van der Waals surface area contributed by atoms with Crippen molar-refractivity contribution in [2.24, 2.45) is 5.92 Å². The number of aromatic nitrogens is 1. The number of hydroxylamine groups is 2. The van der Waals surface area contributed by atoms with Gasteiger partial charge in [0.15, 0.2) is 0 Å². The number of nitrogens with zero attached hydrogens (tertiary/aromatic N) is 4. The van der Waals surface area contributed by atoms with Crippen molar-refractivity contribution in [3.05, 3.63) is 80.3 Å². The largest absolute Gasteiger partial charge is 0.487 e. The lowest BCUT2D eigenvalue weighted by molar-refractivity contribution is -0.384. The Morgan fingerprint density at radius 1 is 1.15 bits per heavy atom. The number of sulfonamides is 1. The molecule has 12 nitrogen and oxygen atoms in total. The van der Waals surface area contributed by atoms with E-state index < -0.39 is 27.1 Å². The van der Waals surface area contributed by atoms with Crippen LogP contribution >= 0.6 is 11.3 Å². The average molecular weight is 593 g/mol. The van der Waals surface area contributed by atoms with Crippen LogP contribution in [0.4, 0.5) is 10.5 Å². The van der Waals surface area contributed by atoms with Gasteiger partial charge in [0.25, 0.3) is 5.69 Å². The molecule has 1 aromatic heterocycles. The highest BCUT2D eigenvalue weighted by Crippen LogP contribution is 2.23. The molecule has 1 atom stereocenters. The van der Waals surface area contributed by atoms with E-state index in [0.29, 0.717) is 12.4 Å². The SMILES string of the molecule is Cc1nc(COc2ccc(CC(CCN(CC(C)C)S(=O)(=O)c3ccc([N+](=O)[O-])cc3)N(O)C(=O)O)cc2)cs1. The Morgan fingerprint density at radius 3 is 2.33 bits per heavy atom. The summed E-state index contributed by atoms with van der Waals surface area (Å²) in [6.45, 7) is 5.95. The van der Waals surface area contributed by atoms with Crippen LogP contribution < -0.4 is 4.74 Å². The van der Waals surface area contributed by atoms with Crippen molar-refractivity contribution in [1.82, 2.24) is 14.4 Å². The van der Waals surface area contributed by atoms with E-state index in [0.717, 1.165) is 28.4 Å². The first-order valence-electron chi connectivity index (χ1n) is 12.4. The maximum atomic E-state index is 13.4. The van der Waals surface area contributed by atoms with Crippen LogP contribution in [0, 0.1) is 23.0 Å². The quantitative estimate of drug-likeness (QED) is 0.150. The molecule has 1 amide bonds. The van der Waals surface area contributed by atoms with E-state index in [-0.39, 0.29) is 47.5 Å². The number of amides is 1. The summed E-state index contributed by atoms with van der Waals surface area (Å²) in [5, 5.41) is 33.7. The number of non-ortho nitro benzene ring substituents is 1. The Bertz CT molecular complexity index is 1390. The lowest BCUT2D eigenvalue weighted by Crippen LogP contribution is -2.42. The monoisotopic (exact) mass is 592 g/mol. The molecular formula is C26H32N4O8S2. The fraction of sp³-hybridized carbons (Fsp3) is 0.385. The van der Waals surface area contributed by atoms with E-state index in [1.54, 1.807) is 24.3 Å². The Labute approximate surface area is 236 Å². The van der Waals surface area contributed by atoms with Gasteiger partial charge in [-0.05, 0) is 55.5 Å². The number of hydrogen-bond acceptors (Lipinski definition) is 9. The van der Waals surface area contributed by atoms with Crippen molar-refractivity contribution in [3.63, 3.8) is 0 Å². The Hall–Kier alpha value is -3.59. The fourth-order valence-corrected chi connectivity index (χ4v) is 6.21. The first-order valence-corrected chi connectivity index (χ1v) is 14.8. The molecule has 0 aliphatic heterocycles. The lowest BCUT2D eigenvalue weighted by Gasteiger charge is -2.28. The van der Waals surface area contributed by atoms with Crippen LogP contribution in [0.3, 0.4) is 0 Å². The summed E-state index contributed by atoms with van der Waals surface area (Å²) in [6.07, 6.45) is -1.43. The molecule has 0 aliphatic rings. The standard InChI is InChI=1S/C26H32N4O8S2/c1-18(2)15-28(40(36,37)25-10-6-22(7-11-25)30(34)35)13-12-23(29(33)26(31)32)14-20-4-8-24(9-5-20)38-16-21-17-39-19(3)27-21/h4-11,17-18,23,33H,12-16H2,1-3H3,(H,31,32). The van der Waals surface area contributed by atoms with Crippen LogP contribution in [0.5, 0.6) is 5.75 Å². The molecule has 0 bridgehead atoms. The van der Waals surface area contributed by atoms with Gasteiger partial charge in [0.05, 0.1) is 26.6 Å². The lowest BCUT2D eigenvalue weighted by atomic mass is 10.0. The van der Waals surface area contributed by atoms with E-state index in [1.165, 1.54) is 27.8 Å². The molecule has 3 aromatic rings. The maximum absolute atomic E-state index is 13.4. The third-order valence-electron chi connectivity index (χ3n) is 5.96. The summed E-state index contributed by atoms with van der Waals surface area (Å²) in [6, 6.07) is 10.6. The van der Waals surface area contributed by atoms with Gasteiger partial charge in [0, 0.05) is 30.6 Å². The van der Waals surface area contributed by atoms with Crippen molar-refractivity contribution in [2.75, 3.05) is 13.1 Å². The van der Waals surface area contributed by atoms with Crippen molar-refractivity contribution in [3.8, 4) is 5.75 Å². The van der Waals surface area contributed by atoms with Gasteiger partial charge in [-0.2, -0.15) is 9.37 Å². The molecular weight excluding hydrogens is 560 g/mol. The molecule has 14 heteroatoms. The van der Waals surface area contributed by atoms with Gasteiger partial charge >= 0.3 is 6.09 Å². The van der Waals surface area contributed by atoms with Crippen molar-refractivity contribution in [2.45, 2.75) is 51.2 Å². The van der Waals surface area contributed by atoms with Gasteiger partial charge in [0.2, 0.25) is 10.0 Å². The summed E-state index contributed by atoms with van der Waals surface area (Å²) in [7, 11) is -4.04. The Balaban J connectivity index is 1.73. The second-order valence-corrected chi connectivity index (χ2v) is 12.6. The third-order valence-corrected chi connectivity index (χ3v) is 8.66. The number of rotatable bonds is 14. The number of hydrogen-bond donors (Lipinski definition) is 2. The third kappa shape index (κ3) is 8.45. The second-order valence-electron chi connectivity index (χ2n) is 9.57. The molecule has 0 saturated heterocycles. The number of nitro benzene ring substituents is 1. The number of benzene rings is 2. The van der Waals surface area contributed by atoms with Crippen molar-refractivity contribution >= 4 is 33.1 Å². The average Bonchev–Trinajstić information content (AvgIpc) is 3.33. The van der Waals surface area contributed by atoms with Crippen molar-refractivity contribution < 1.29 is 33.2 Å². The zero-order chi connectivity index (χ0) is 29.4. The maximum Gasteiger partial charge on any atom is 0.431 e. The van der Waals surface area contributed by atoms with Gasteiger partial charge in [-0.15, -0.1) is 11.3 Å². The second kappa shape index (κ2) is 13.7. The first-order chi connectivity index (χ1) is 18.9. The molecule has 1 unspecified atom stereocenters. The Morgan fingerprint density at radius 2 is 1.80 bits per heavy atom. The minimum absolute atomic E-state index is 0.00313. The predicted molar refractivity (Wildman–Crippen MR) is 148 cm³/mol. The van der Waals surface area contributed by atoms with E-state index in [2.05, 4.69) is 4.98 Å². The summed E-state index contributed by atoms with van der Waals surface area (Å²) in [5.74, 6) is 0.541. The van der Waals surface area contributed by atoms with Crippen molar-refractivity contribution in [1.29, 1.82) is 0 Å². The topological polar surface area (TPSA) is 163 Å². The Kier molecular flexibility index (Phi) is 10.6. The van der Waals surface area contributed by atoms with Crippen LogP contribution in [0.2, 0.25) is 0 Å². The molecule has 0 aliphatic carbocycles. The highest BCUT2D eigenvalue weighted by atomic mass is 32.2. The zero-order valence-electron chi connectivity index (χ0n) is 22.3. The molecule has 0 fully saturated rings. The minimum Gasteiger partial charge on any atom is -0.487 e. The van der Waals surface area contributed by atoms with Gasteiger partial charge in [-0.1, -0.05) is 26.0 Å². The molecule has 2 aromatic carbocycles. The number of thiazole rings is 1. The summed E-state index contributed by atoms with van der Waals surface area (Å²) >= 11 is 1.53. The summed E-state index contributed by atoms with van der Waals surface area (Å²) in [5.41, 5.74) is 1.30. The van der Waals surface area contributed by atoms with Crippen LogP contribution in [0.25, 0.3) is 0 Å². The number of carboxylic acid groups (broad SMARTS) is 1. The summed E-state index contributed by atoms with van der Waals surface area (Å²) < 4.78 is 33.7. The number of carbonyl (C=O) groups is 1. The highest BCUT2D eigenvalue weighted by molar-refractivity contribution is 7.89. The number of aryl methyl sites for hydroxylation is 1. The van der Waals surface area contributed by atoms with E-state index in [1.807, 2.05) is 26.2 Å². The number of nitro groups is 1. The van der Waals surface area contributed by atoms with Gasteiger partial charge < -0.3 is 9.84 Å². The molecule has 0 radical (unpaired) electrons.